The van der Waals surface area contributed by atoms with Gasteiger partial charge in [0.2, 0.25) is 17.6 Å². The topological polar surface area (TPSA) is 122 Å². The first-order valence-electron chi connectivity index (χ1n) is 15.9. The fraction of sp³-hybridized carbons (Fsp3) is 0.543. The van der Waals surface area contributed by atoms with Gasteiger partial charge in [-0.3, -0.25) is 9.59 Å². The molecule has 1 aromatic heterocycles. The van der Waals surface area contributed by atoms with E-state index in [1.54, 1.807) is 11.8 Å². The molecule has 4 rings (SSSR count). The second-order valence-corrected chi connectivity index (χ2v) is 14.6. The molecule has 2 amide bonds. The van der Waals surface area contributed by atoms with E-state index in [4.69, 9.17) is 0 Å². The van der Waals surface area contributed by atoms with Gasteiger partial charge in [-0.1, -0.05) is 62.4 Å². The smallest absolute Gasteiger partial charge is 0.247 e. The van der Waals surface area contributed by atoms with Gasteiger partial charge in [-0.05, 0) is 102 Å². The monoisotopic (exact) mass is 615 g/mol. The largest absolute Gasteiger partial charge is 0.349 e. The second-order valence-electron chi connectivity index (χ2n) is 14.6. The van der Waals surface area contributed by atoms with Crippen LogP contribution in [0.5, 0.6) is 0 Å². The number of fused-ring (bicyclic) bond motifs is 1. The van der Waals surface area contributed by atoms with Crippen molar-refractivity contribution in [3.63, 3.8) is 0 Å². The number of carbonyl (C=O) groups is 3. The number of hydrogen-bond acceptors (Lipinski definition) is 7. The number of rotatable bonds is 11. The van der Waals surface area contributed by atoms with Crippen molar-refractivity contribution in [3.8, 4) is 11.4 Å². The van der Waals surface area contributed by atoms with Crippen LogP contribution in [-0.4, -0.2) is 67.9 Å². The van der Waals surface area contributed by atoms with E-state index in [1.165, 1.54) is 16.0 Å². The Morgan fingerprint density at radius 3 is 2.07 bits per heavy atom. The quantitative estimate of drug-likeness (QED) is 0.305. The van der Waals surface area contributed by atoms with E-state index < -0.39 is 23.7 Å². The molecule has 0 aliphatic heterocycles. The average Bonchev–Trinajstić information content (AvgIpc) is 3.62. The van der Waals surface area contributed by atoms with Gasteiger partial charge in [-0.15, -0.1) is 10.2 Å². The molecule has 45 heavy (non-hydrogen) atoms. The van der Waals surface area contributed by atoms with Crippen LogP contribution < -0.4 is 10.6 Å². The Morgan fingerprint density at radius 2 is 1.60 bits per heavy atom. The van der Waals surface area contributed by atoms with E-state index >= 15 is 0 Å². The van der Waals surface area contributed by atoms with Gasteiger partial charge in [0.05, 0.1) is 17.6 Å². The highest BCUT2D eigenvalue weighted by molar-refractivity contribution is 5.93. The Labute approximate surface area is 267 Å². The van der Waals surface area contributed by atoms with Crippen molar-refractivity contribution in [3.05, 3.63) is 65.2 Å². The molecular weight excluding hydrogens is 566 g/mol. The van der Waals surface area contributed by atoms with Crippen molar-refractivity contribution < 1.29 is 14.4 Å². The minimum atomic E-state index is -1.04. The van der Waals surface area contributed by atoms with Crippen molar-refractivity contribution in [2.75, 3.05) is 7.05 Å². The zero-order valence-corrected chi connectivity index (χ0v) is 28.2. The molecule has 1 heterocycles. The maximum Gasteiger partial charge on any atom is 0.247 e. The predicted molar refractivity (Wildman–Crippen MR) is 175 cm³/mol. The maximum atomic E-state index is 14.8. The average molecular weight is 616 g/mol. The van der Waals surface area contributed by atoms with Crippen LogP contribution in [-0.2, 0) is 32.8 Å². The molecule has 0 saturated carbocycles. The van der Waals surface area contributed by atoms with Crippen molar-refractivity contribution in [2.24, 2.45) is 11.8 Å². The predicted octanol–water partition coefficient (Wildman–Crippen LogP) is 4.50. The van der Waals surface area contributed by atoms with Gasteiger partial charge in [0.15, 0.2) is 0 Å². The number of aldehydes is 1. The van der Waals surface area contributed by atoms with Gasteiger partial charge < -0.3 is 20.3 Å². The molecule has 3 atom stereocenters. The normalized spacial score (nSPS) is 15.8. The molecule has 10 nitrogen and oxygen atoms in total. The number of likely N-dealkylation sites (N-methyl/N-ethyl adjacent to an activating group) is 1. The van der Waals surface area contributed by atoms with Crippen LogP contribution in [0.25, 0.3) is 11.4 Å². The van der Waals surface area contributed by atoms with Crippen LogP contribution in [0.4, 0.5) is 0 Å². The van der Waals surface area contributed by atoms with Crippen LogP contribution in [0.1, 0.15) is 84.5 Å². The summed E-state index contributed by atoms with van der Waals surface area (Å²) in [4.78, 5) is 44.9. The maximum absolute atomic E-state index is 14.8. The molecule has 242 valence electrons. The molecule has 10 heteroatoms. The Hall–Kier alpha value is -3.92. The van der Waals surface area contributed by atoms with E-state index in [2.05, 4.69) is 38.2 Å². The lowest BCUT2D eigenvalue weighted by atomic mass is 9.91. The molecule has 0 bridgehead atoms. The molecule has 0 fully saturated rings. The van der Waals surface area contributed by atoms with Gasteiger partial charge in [0.1, 0.15) is 12.3 Å². The Morgan fingerprint density at radius 1 is 1.00 bits per heavy atom. The summed E-state index contributed by atoms with van der Waals surface area (Å²) in [6, 6.07) is 13.1. The highest BCUT2D eigenvalue weighted by atomic mass is 16.2. The van der Waals surface area contributed by atoms with E-state index in [0.29, 0.717) is 17.8 Å². The van der Waals surface area contributed by atoms with Gasteiger partial charge in [-0.25, -0.2) is 0 Å². The zero-order valence-electron chi connectivity index (χ0n) is 28.2. The molecule has 2 aromatic carbocycles. The van der Waals surface area contributed by atoms with Crippen LogP contribution in [0.2, 0.25) is 0 Å². The summed E-state index contributed by atoms with van der Waals surface area (Å²) in [7, 11) is 1.78. The molecule has 1 aliphatic carbocycles. The molecule has 1 unspecified atom stereocenters. The van der Waals surface area contributed by atoms with Crippen molar-refractivity contribution >= 4 is 18.1 Å². The summed E-state index contributed by atoms with van der Waals surface area (Å²) in [6.45, 7) is 15.7. The number of carbonyl (C=O) groups excluding carboxylic acids is 3. The summed E-state index contributed by atoms with van der Waals surface area (Å²) in [5.41, 5.74) is 2.89. The number of amides is 2. The third kappa shape index (κ3) is 8.03. The Kier molecular flexibility index (Phi) is 10.3. The minimum Gasteiger partial charge on any atom is -0.349 e. The summed E-state index contributed by atoms with van der Waals surface area (Å²) < 4.78 is 0. The van der Waals surface area contributed by atoms with Gasteiger partial charge in [-0.2, -0.15) is 4.80 Å². The van der Waals surface area contributed by atoms with Gasteiger partial charge >= 0.3 is 0 Å². The van der Waals surface area contributed by atoms with Gasteiger partial charge in [0.25, 0.3) is 0 Å². The first-order chi connectivity index (χ1) is 21.1. The van der Waals surface area contributed by atoms with E-state index in [9.17, 15) is 14.4 Å². The molecular formula is C35H49N7O3. The number of nitrogens with one attached hydrogen (secondary N) is 2. The number of hydrogen-bond donors (Lipinski definition) is 2. The van der Waals surface area contributed by atoms with Gasteiger partial charge in [0, 0.05) is 11.1 Å². The van der Waals surface area contributed by atoms with E-state index in [1.807, 2.05) is 91.8 Å². The fourth-order valence-electron chi connectivity index (χ4n) is 6.05. The highest BCUT2D eigenvalue weighted by Gasteiger charge is 2.43. The lowest BCUT2D eigenvalue weighted by molar-refractivity contribution is -0.148. The van der Waals surface area contributed by atoms with Crippen LogP contribution in [0, 0.1) is 11.8 Å². The third-order valence-electron chi connectivity index (χ3n) is 8.14. The van der Waals surface area contributed by atoms with Crippen molar-refractivity contribution in [1.29, 1.82) is 0 Å². The lowest BCUT2D eigenvalue weighted by Gasteiger charge is -2.40. The van der Waals surface area contributed by atoms with Crippen molar-refractivity contribution in [1.82, 2.24) is 35.7 Å². The first kappa shape index (κ1) is 34.0. The second kappa shape index (κ2) is 13.6. The third-order valence-corrected chi connectivity index (χ3v) is 8.14. The molecule has 1 aliphatic rings. The molecule has 0 spiro atoms. The van der Waals surface area contributed by atoms with Crippen LogP contribution in [0.3, 0.4) is 0 Å². The molecule has 3 aromatic rings. The first-order valence-corrected chi connectivity index (χ1v) is 15.9. The molecule has 2 N–H and O–H groups in total. The van der Waals surface area contributed by atoms with E-state index in [-0.39, 0.29) is 29.2 Å². The molecule has 0 radical (unpaired) electrons. The summed E-state index contributed by atoms with van der Waals surface area (Å²) in [5, 5.41) is 19.3. The minimum absolute atomic E-state index is 0.0149. The zero-order chi connectivity index (χ0) is 33.1. The highest BCUT2D eigenvalue weighted by Crippen LogP contribution is 2.33. The van der Waals surface area contributed by atoms with Crippen molar-refractivity contribution in [2.45, 2.75) is 104 Å². The Bertz CT molecular complexity index is 1460. The lowest BCUT2D eigenvalue weighted by Crippen LogP contribution is -2.58. The van der Waals surface area contributed by atoms with Crippen LogP contribution >= 0.6 is 0 Å². The summed E-state index contributed by atoms with van der Waals surface area (Å²) in [6.07, 6.45) is 2.72. The number of aromatic nitrogens is 4. The summed E-state index contributed by atoms with van der Waals surface area (Å²) in [5.74, 6) is -0.0493. The number of tetrazole rings is 1. The standard InChI is InChI=1S/C35H49N7O3/c1-22(2)18-28(21-43)41(33(45)29(36-9)27-19-25-12-10-11-13-26(25)20-27)30(32(44)37-34(3,4)5)23-14-16-24(17-15-23)31-38-40-42(39-31)35(6,7)8/h10-17,21-22,27-30,36H,18-20H2,1-9H3,(H,37,44)/t28-,29?,30-/m1/s1. The fourth-order valence-corrected chi connectivity index (χ4v) is 6.05. The van der Waals surface area contributed by atoms with Crippen LogP contribution in [0.15, 0.2) is 48.5 Å². The Balaban J connectivity index is 1.78. The summed E-state index contributed by atoms with van der Waals surface area (Å²) >= 11 is 0. The SMILES string of the molecule is CNC(C(=O)N([C@@H](C=O)CC(C)C)[C@@H](C(=O)NC(C)(C)C)c1ccc(-c2nnn(C(C)(C)C)n2)cc1)C1Cc2ccccc2C1. The number of benzene rings is 2. The number of nitrogens with zero attached hydrogens (tertiary/aromatic N) is 5. The van der Waals surface area contributed by atoms with E-state index in [0.717, 1.165) is 24.7 Å². The molecule has 0 saturated heterocycles.